The minimum Gasteiger partial charge on any atom is -0.506 e. The number of amides is 2. The van der Waals surface area contributed by atoms with E-state index in [4.69, 9.17) is 0 Å². The fourth-order valence-corrected chi connectivity index (χ4v) is 3.69. The first kappa shape index (κ1) is 21.8. The molecule has 3 rings (SSSR count). The van der Waals surface area contributed by atoms with Crippen LogP contribution in [0.5, 0.6) is 5.75 Å². The molecule has 2 aromatic rings. The quantitative estimate of drug-likeness (QED) is 0.684. The van der Waals surface area contributed by atoms with Crippen molar-refractivity contribution in [2.75, 3.05) is 31.5 Å². The van der Waals surface area contributed by atoms with Gasteiger partial charge in [-0.2, -0.15) is 0 Å². The van der Waals surface area contributed by atoms with E-state index in [1.54, 1.807) is 29.2 Å². The number of benzene rings is 2. The highest BCUT2D eigenvalue weighted by atomic mass is 19.1. The fourth-order valence-electron chi connectivity index (χ4n) is 3.69. The lowest BCUT2D eigenvalue weighted by atomic mass is 9.95. The number of aromatic hydroxyl groups is 1. The van der Waals surface area contributed by atoms with Crippen molar-refractivity contribution in [3.63, 3.8) is 0 Å². The molecule has 0 spiro atoms. The van der Waals surface area contributed by atoms with Crippen molar-refractivity contribution >= 4 is 17.5 Å². The summed E-state index contributed by atoms with van der Waals surface area (Å²) < 4.78 is 13.4. The molecule has 0 unspecified atom stereocenters. The molecular formula is C23H28FN3O3. The third kappa shape index (κ3) is 5.79. The number of hydrogen-bond acceptors (Lipinski definition) is 4. The van der Waals surface area contributed by atoms with Crippen LogP contribution in [-0.2, 0) is 16.1 Å². The van der Waals surface area contributed by atoms with E-state index in [0.717, 1.165) is 5.56 Å². The Hall–Kier alpha value is -2.93. The van der Waals surface area contributed by atoms with E-state index in [9.17, 15) is 19.1 Å². The van der Waals surface area contributed by atoms with Crippen LogP contribution in [0.1, 0.15) is 25.3 Å². The van der Waals surface area contributed by atoms with Crippen LogP contribution in [-0.4, -0.2) is 52.9 Å². The second kappa shape index (κ2) is 10.2. The number of likely N-dealkylation sites (N-methyl/N-ethyl adjacent to an activating group) is 1. The number of piperidine rings is 1. The lowest BCUT2D eigenvalue weighted by molar-refractivity contribution is -0.133. The van der Waals surface area contributed by atoms with Crippen molar-refractivity contribution < 1.29 is 19.1 Å². The summed E-state index contributed by atoms with van der Waals surface area (Å²) >= 11 is 0. The summed E-state index contributed by atoms with van der Waals surface area (Å²) in [6.45, 7) is 4.44. The molecule has 0 radical (unpaired) electrons. The summed E-state index contributed by atoms with van der Waals surface area (Å²) in [6.07, 6.45) is 1.31. The highest BCUT2D eigenvalue weighted by Gasteiger charge is 2.27. The normalized spacial score (nSPS) is 15.0. The number of nitrogens with zero attached hydrogens (tertiary/aromatic N) is 2. The van der Waals surface area contributed by atoms with Crippen LogP contribution >= 0.6 is 0 Å². The van der Waals surface area contributed by atoms with Gasteiger partial charge in [-0.3, -0.25) is 14.5 Å². The van der Waals surface area contributed by atoms with Gasteiger partial charge in [0, 0.05) is 19.0 Å². The van der Waals surface area contributed by atoms with Crippen molar-refractivity contribution in [1.82, 2.24) is 9.80 Å². The Morgan fingerprint density at radius 1 is 1.17 bits per heavy atom. The van der Waals surface area contributed by atoms with E-state index >= 15 is 0 Å². The van der Waals surface area contributed by atoms with Crippen molar-refractivity contribution in [3.8, 4) is 5.75 Å². The Labute approximate surface area is 176 Å². The molecule has 0 bridgehead atoms. The van der Waals surface area contributed by atoms with Crippen molar-refractivity contribution in [2.24, 2.45) is 5.92 Å². The van der Waals surface area contributed by atoms with E-state index in [1.165, 1.54) is 18.2 Å². The molecular weight excluding hydrogens is 385 g/mol. The van der Waals surface area contributed by atoms with Gasteiger partial charge < -0.3 is 15.3 Å². The Morgan fingerprint density at radius 2 is 1.90 bits per heavy atom. The lowest BCUT2D eigenvalue weighted by Gasteiger charge is -2.32. The summed E-state index contributed by atoms with van der Waals surface area (Å²) in [5.74, 6) is -0.514. The number of halogens is 1. The van der Waals surface area contributed by atoms with E-state index < -0.39 is 0 Å². The van der Waals surface area contributed by atoms with Gasteiger partial charge in [0.25, 0.3) is 0 Å². The van der Waals surface area contributed by atoms with Gasteiger partial charge in [0.15, 0.2) is 0 Å². The number of nitrogens with one attached hydrogen (secondary N) is 1. The fraction of sp³-hybridized carbons (Fsp3) is 0.391. The number of para-hydroxylation sites is 2. The van der Waals surface area contributed by atoms with Crippen LogP contribution in [0.4, 0.5) is 10.1 Å². The number of carbonyl (C=O) groups is 2. The van der Waals surface area contributed by atoms with E-state index in [1.807, 2.05) is 13.0 Å². The van der Waals surface area contributed by atoms with Crippen LogP contribution in [0.2, 0.25) is 0 Å². The highest BCUT2D eigenvalue weighted by Crippen LogP contribution is 2.24. The zero-order valence-corrected chi connectivity index (χ0v) is 17.2. The van der Waals surface area contributed by atoms with Crippen LogP contribution in [0.15, 0.2) is 48.5 Å². The minimum atomic E-state index is -0.305. The Balaban J connectivity index is 1.48. The molecule has 1 aliphatic heterocycles. The SMILES string of the molecule is CCN(Cc1cccc(F)c1)C(=O)CN1CCC(C(=O)Nc2ccccc2O)CC1. The van der Waals surface area contributed by atoms with Crippen LogP contribution < -0.4 is 5.32 Å². The molecule has 7 heteroatoms. The second-order valence-electron chi connectivity index (χ2n) is 7.59. The number of phenolic OH excluding ortho intramolecular Hbond substituents is 1. The first-order valence-electron chi connectivity index (χ1n) is 10.3. The number of rotatable bonds is 7. The maximum Gasteiger partial charge on any atom is 0.237 e. The summed E-state index contributed by atoms with van der Waals surface area (Å²) in [5.41, 5.74) is 1.18. The predicted molar refractivity (Wildman–Crippen MR) is 113 cm³/mol. The van der Waals surface area contributed by atoms with Crippen molar-refractivity contribution in [1.29, 1.82) is 0 Å². The molecule has 2 amide bonds. The topological polar surface area (TPSA) is 72.9 Å². The molecule has 6 nitrogen and oxygen atoms in total. The summed E-state index contributed by atoms with van der Waals surface area (Å²) in [6, 6.07) is 13.0. The Bertz CT molecular complexity index is 882. The molecule has 1 fully saturated rings. The van der Waals surface area contributed by atoms with Crippen LogP contribution in [0, 0.1) is 11.7 Å². The summed E-state index contributed by atoms with van der Waals surface area (Å²) in [5, 5.41) is 12.6. The first-order valence-corrected chi connectivity index (χ1v) is 10.3. The predicted octanol–water partition coefficient (Wildman–Crippen LogP) is 3.23. The van der Waals surface area contributed by atoms with E-state index in [0.29, 0.717) is 44.7 Å². The third-order valence-corrected chi connectivity index (χ3v) is 5.48. The zero-order chi connectivity index (χ0) is 21.5. The maximum atomic E-state index is 13.4. The standard InChI is InChI=1S/C23H28FN3O3/c1-2-27(15-17-6-5-7-19(24)14-17)22(29)16-26-12-10-18(11-13-26)23(30)25-20-8-3-4-9-21(20)28/h3-9,14,18,28H,2,10-13,15-16H2,1H3,(H,25,30). The molecule has 1 heterocycles. The van der Waals surface area contributed by atoms with Gasteiger partial charge in [-0.1, -0.05) is 24.3 Å². The molecule has 0 saturated carbocycles. The summed E-state index contributed by atoms with van der Waals surface area (Å²) in [4.78, 5) is 29.0. The smallest absolute Gasteiger partial charge is 0.237 e. The maximum absolute atomic E-state index is 13.4. The van der Waals surface area contributed by atoms with Crippen molar-refractivity contribution in [3.05, 3.63) is 59.9 Å². The minimum absolute atomic E-state index is 0.00105. The van der Waals surface area contributed by atoms with Gasteiger partial charge in [-0.25, -0.2) is 4.39 Å². The molecule has 30 heavy (non-hydrogen) atoms. The van der Waals surface area contributed by atoms with Crippen LogP contribution in [0.3, 0.4) is 0 Å². The zero-order valence-electron chi connectivity index (χ0n) is 17.2. The number of carbonyl (C=O) groups excluding carboxylic acids is 2. The molecule has 160 valence electrons. The van der Waals surface area contributed by atoms with Gasteiger partial charge in [0.1, 0.15) is 11.6 Å². The van der Waals surface area contributed by atoms with Gasteiger partial charge in [-0.15, -0.1) is 0 Å². The number of likely N-dealkylation sites (tertiary alicyclic amines) is 1. The monoisotopic (exact) mass is 413 g/mol. The van der Waals surface area contributed by atoms with Gasteiger partial charge in [-0.05, 0) is 62.7 Å². The molecule has 0 aromatic heterocycles. The van der Waals surface area contributed by atoms with E-state index in [-0.39, 0.29) is 35.8 Å². The van der Waals surface area contributed by atoms with Crippen LogP contribution in [0.25, 0.3) is 0 Å². The molecule has 0 aliphatic carbocycles. The molecule has 2 N–H and O–H groups in total. The number of phenols is 1. The molecule has 2 aromatic carbocycles. The summed E-state index contributed by atoms with van der Waals surface area (Å²) in [7, 11) is 0. The molecule has 1 aliphatic rings. The highest BCUT2D eigenvalue weighted by molar-refractivity contribution is 5.93. The van der Waals surface area contributed by atoms with Crippen molar-refractivity contribution in [2.45, 2.75) is 26.3 Å². The molecule has 1 saturated heterocycles. The Kier molecular flexibility index (Phi) is 7.41. The largest absolute Gasteiger partial charge is 0.506 e. The Morgan fingerprint density at radius 3 is 2.57 bits per heavy atom. The number of anilines is 1. The molecule has 0 atom stereocenters. The average molecular weight is 413 g/mol. The number of hydrogen-bond donors (Lipinski definition) is 2. The van der Waals surface area contributed by atoms with Gasteiger partial charge >= 0.3 is 0 Å². The first-order chi connectivity index (χ1) is 14.5. The van der Waals surface area contributed by atoms with Gasteiger partial charge in [0.05, 0.1) is 12.2 Å². The second-order valence-corrected chi connectivity index (χ2v) is 7.59. The average Bonchev–Trinajstić information content (AvgIpc) is 2.74. The lowest BCUT2D eigenvalue weighted by Crippen LogP contribution is -2.44. The third-order valence-electron chi connectivity index (χ3n) is 5.48. The van der Waals surface area contributed by atoms with E-state index in [2.05, 4.69) is 10.2 Å². The van der Waals surface area contributed by atoms with Gasteiger partial charge in [0.2, 0.25) is 11.8 Å².